The van der Waals surface area contributed by atoms with Crippen molar-refractivity contribution in [1.29, 1.82) is 0 Å². The van der Waals surface area contributed by atoms with Gasteiger partial charge in [0.2, 0.25) is 0 Å². The Morgan fingerprint density at radius 3 is 2.35 bits per heavy atom. The van der Waals surface area contributed by atoms with E-state index >= 15 is 0 Å². The van der Waals surface area contributed by atoms with Gasteiger partial charge in [-0.1, -0.05) is 61.9 Å². The van der Waals surface area contributed by atoms with Gasteiger partial charge in [0.1, 0.15) is 0 Å². The van der Waals surface area contributed by atoms with Crippen LogP contribution in [-0.2, 0) is 0 Å². The van der Waals surface area contributed by atoms with E-state index in [1.165, 1.54) is 50.5 Å². The molecule has 0 heterocycles. The van der Waals surface area contributed by atoms with E-state index in [2.05, 4.69) is 31.2 Å². The monoisotopic (exact) mass is 228 g/mol. The van der Waals surface area contributed by atoms with Crippen LogP contribution in [0, 0.1) is 18.8 Å². The van der Waals surface area contributed by atoms with Gasteiger partial charge >= 0.3 is 0 Å². The summed E-state index contributed by atoms with van der Waals surface area (Å²) in [6, 6.07) is 9.36. The highest BCUT2D eigenvalue weighted by Crippen LogP contribution is 2.48. The van der Waals surface area contributed by atoms with Crippen molar-refractivity contribution in [3.05, 3.63) is 35.4 Å². The number of benzene rings is 1. The van der Waals surface area contributed by atoms with Gasteiger partial charge in [-0.25, -0.2) is 0 Å². The van der Waals surface area contributed by atoms with Crippen molar-refractivity contribution in [2.24, 2.45) is 11.8 Å². The highest BCUT2D eigenvalue weighted by molar-refractivity contribution is 5.25. The molecule has 0 heteroatoms. The predicted octanol–water partition coefficient (Wildman–Crippen LogP) is 5.07. The summed E-state index contributed by atoms with van der Waals surface area (Å²) >= 11 is 0. The molecule has 0 nitrogen and oxygen atoms in total. The molecule has 0 bridgehead atoms. The van der Waals surface area contributed by atoms with Gasteiger partial charge in [0.15, 0.2) is 0 Å². The number of hydrogen-bond donors (Lipinski definition) is 0. The summed E-state index contributed by atoms with van der Waals surface area (Å²) in [6.45, 7) is 2.19. The molecule has 0 aliphatic heterocycles. The molecule has 17 heavy (non-hydrogen) atoms. The molecule has 0 saturated heterocycles. The molecule has 2 aliphatic rings. The molecular weight excluding hydrogens is 204 g/mol. The van der Waals surface area contributed by atoms with Crippen LogP contribution in [-0.4, -0.2) is 0 Å². The molecule has 1 aromatic rings. The number of aryl methyl sites for hydroxylation is 1. The minimum absolute atomic E-state index is 0.870. The van der Waals surface area contributed by atoms with Gasteiger partial charge in [0, 0.05) is 0 Å². The third-order valence-electron chi connectivity index (χ3n) is 5.08. The van der Waals surface area contributed by atoms with Crippen LogP contribution in [0.25, 0.3) is 0 Å². The minimum Gasteiger partial charge on any atom is -0.0590 e. The number of hydrogen-bond acceptors (Lipinski definition) is 0. The molecule has 2 saturated carbocycles. The highest BCUT2D eigenvalue weighted by Gasteiger charge is 2.35. The Labute approximate surface area is 105 Å². The van der Waals surface area contributed by atoms with Crippen molar-refractivity contribution in [1.82, 2.24) is 0 Å². The maximum atomic E-state index is 2.39. The molecule has 0 aromatic heterocycles. The lowest BCUT2D eigenvalue weighted by Gasteiger charge is -2.41. The third-order valence-corrected chi connectivity index (χ3v) is 5.08. The van der Waals surface area contributed by atoms with Gasteiger partial charge in [-0.05, 0) is 43.1 Å². The van der Waals surface area contributed by atoms with Gasteiger partial charge in [-0.3, -0.25) is 0 Å². The number of fused-ring (bicyclic) bond motifs is 1. The molecule has 0 N–H and O–H groups in total. The molecule has 0 radical (unpaired) electrons. The van der Waals surface area contributed by atoms with Crippen LogP contribution in [0.3, 0.4) is 0 Å². The van der Waals surface area contributed by atoms with E-state index < -0.39 is 0 Å². The van der Waals surface area contributed by atoms with Crippen LogP contribution in [0.1, 0.15) is 62.0 Å². The maximum absolute atomic E-state index is 2.39. The first-order valence-corrected chi connectivity index (χ1v) is 7.41. The predicted molar refractivity (Wildman–Crippen MR) is 73.2 cm³/mol. The average Bonchev–Trinajstić information content (AvgIpc) is 2.39. The van der Waals surface area contributed by atoms with E-state index in [1.54, 1.807) is 5.56 Å². The summed E-state index contributed by atoms with van der Waals surface area (Å²) in [6.07, 6.45) is 10.4. The first kappa shape index (κ1) is 11.3. The van der Waals surface area contributed by atoms with Gasteiger partial charge in [0.25, 0.3) is 0 Å². The van der Waals surface area contributed by atoms with Gasteiger partial charge in [-0.15, -0.1) is 0 Å². The zero-order chi connectivity index (χ0) is 11.7. The van der Waals surface area contributed by atoms with Crippen LogP contribution in [0.2, 0.25) is 0 Å². The summed E-state index contributed by atoms with van der Waals surface area (Å²) < 4.78 is 0. The van der Waals surface area contributed by atoms with Crippen molar-refractivity contribution >= 4 is 0 Å². The van der Waals surface area contributed by atoms with Crippen molar-refractivity contribution in [3.8, 4) is 0 Å². The van der Waals surface area contributed by atoms with E-state index in [1.807, 2.05) is 0 Å². The molecule has 3 unspecified atom stereocenters. The second-order valence-electron chi connectivity index (χ2n) is 6.16. The SMILES string of the molecule is Cc1ccc(C2CCCC3CCCCC32)cc1. The Morgan fingerprint density at radius 1 is 0.824 bits per heavy atom. The lowest BCUT2D eigenvalue weighted by atomic mass is 9.64. The minimum atomic E-state index is 0.870. The maximum Gasteiger partial charge on any atom is -0.0131 e. The van der Waals surface area contributed by atoms with E-state index in [9.17, 15) is 0 Å². The van der Waals surface area contributed by atoms with Crippen molar-refractivity contribution in [3.63, 3.8) is 0 Å². The third kappa shape index (κ3) is 2.27. The zero-order valence-corrected chi connectivity index (χ0v) is 11.0. The topological polar surface area (TPSA) is 0 Å². The molecule has 3 atom stereocenters. The van der Waals surface area contributed by atoms with Gasteiger partial charge < -0.3 is 0 Å². The van der Waals surface area contributed by atoms with Crippen LogP contribution >= 0.6 is 0 Å². The fourth-order valence-electron chi connectivity index (χ4n) is 4.17. The van der Waals surface area contributed by atoms with Gasteiger partial charge in [-0.2, -0.15) is 0 Å². The summed E-state index contributed by atoms with van der Waals surface area (Å²) in [7, 11) is 0. The van der Waals surface area contributed by atoms with Crippen molar-refractivity contribution in [2.45, 2.75) is 57.8 Å². The zero-order valence-electron chi connectivity index (χ0n) is 11.0. The molecular formula is C17H24. The second-order valence-corrected chi connectivity index (χ2v) is 6.16. The smallest absolute Gasteiger partial charge is 0.0131 e. The fourth-order valence-corrected chi connectivity index (χ4v) is 4.17. The van der Waals surface area contributed by atoms with Crippen LogP contribution in [0.4, 0.5) is 0 Å². The summed E-state index contributed by atoms with van der Waals surface area (Å²) in [5.41, 5.74) is 3.01. The Hall–Kier alpha value is -0.780. The first-order valence-electron chi connectivity index (χ1n) is 7.41. The van der Waals surface area contributed by atoms with Gasteiger partial charge in [0.05, 0.1) is 0 Å². The number of rotatable bonds is 1. The van der Waals surface area contributed by atoms with Crippen molar-refractivity contribution < 1.29 is 0 Å². The average molecular weight is 228 g/mol. The second kappa shape index (κ2) is 4.84. The van der Waals surface area contributed by atoms with Crippen LogP contribution in [0.5, 0.6) is 0 Å². The summed E-state index contributed by atoms with van der Waals surface area (Å²) in [5.74, 6) is 2.92. The normalized spacial score (nSPS) is 33.1. The quantitative estimate of drug-likeness (QED) is 0.629. The highest BCUT2D eigenvalue weighted by atomic mass is 14.4. The molecule has 2 aliphatic carbocycles. The molecule has 0 amide bonds. The van der Waals surface area contributed by atoms with Crippen molar-refractivity contribution in [2.75, 3.05) is 0 Å². The summed E-state index contributed by atoms with van der Waals surface area (Å²) in [5, 5.41) is 0. The Bertz CT molecular complexity index is 360. The van der Waals surface area contributed by atoms with Crippen LogP contribution in [0.15, 0.2) is 24.3 Å². The van der Waals surface area contributed by atoms with E-state index in [-0.39, 0.29) is 0 Å². The fraction of sp³-hybridized carbons (Fsp3) is 0.647. The summed E-state index contributed by atoms with van der Waals surface area (Å²) in [4.78, 5) is 0. The Balaban J connectivity index is 1.83. The Kier molecular flexibility index (Phi) is 3.22. The van der Waals surface area contributed by atoms with Crippen LogP contribution < -0.4 is 0 Å². The largest absolute Gasteiger partial charge is 0.0590 e. The first-order chi connectivity index (χ1) is 8.34. The van der Waals surface area contributed by atoms with E-state index in [4.69, 9.17) is 0 Å². The van der Waals surface area contributed by atoms with E-state index in [0.29, 0.717) is 0 Å². The molecule has 3 rings (SSSR count). The molecule has 92 valence electrons. The Morgan fingerprint density at radius 2 is 1.53 bits per heavy atom. The van der Waals surface area contributed by atoms with E-state index in [0.717, 1.165) is 17.8 Å². The lowest BCUT2D eigenvalue weighted by molar-refractivity contribution is 0.144. The lowest BCUT2D eigenvalue weighted by Crippen LogP contribution is -2.29. The standard InChI is InChI=1S/C17H24/c1-13-9-11-15(12-10-13)17-8-4-6-14-5-2-3-7-16(14)17/h9-12,14,16-17H,2-8H2,1H3. The molecule has 1 aromatic carbocycles. The molecule has 0 spiro atoms. The molecule has 2 fully saturated rings.